The van der Waals surface area contributed by atoms with Crippen molar-refractivity contribution in [2.75, 3.05) is 12.4 Å². The van der Waals surface area contributed by atoms with Gasteiger partial charge in [0.1, 0.15) is 0 Å². The molecule has 74 valence electrons. The largest absolute Gasteiger partial charge is 0.359 e. The molecule has 0 saturated carbocycles. The maximum Gasteiger partial charge on any atom is 0.321 e. The summed E-state index contributed by atoms with van der Waals surface area (Å²) in [4.78, 5) is 4.02. The number of alkyl halides is 2. The lowest BCUT2D eigenvalue weighted by Crippen LogP contribution is -2.03. The Kier molecular flexibility index (Phi) is 2.07. The highest BCUT2D eigenvalue weighted by Gasteiger charge is 2.15. The van der Waals surface area contributed by atoms with Crippen molar-refractivity contribution in [3.63, 3.8) is 0 Å². The Labute approximate surface area is 79.4 Å². The zero-order valence-electron chi connectivity index (χ0n) is 7.54. The SMILES string of the molecule is CNc1nc2ccccc2n1C(F)F. The van der Waals surface area contributed by atoms with Gasteiger partial charge in [0.15, 0.2) is 0 Å². The molecule has 0 unspecified atom stereocenters. The van der Waals surface area contributed by atoms with Gasteiger partial charge < -0.3 is 5.32 Å². The Morgan fingerprint density at radius 3 is 2.71 bits per heavy atom. The quantitative estimate of drug-likeness (QED) is 0.801. The highest BCUT2D eigenvalue weighted by Crippen LogP contribution is 2.25. The van der Waals surface area contributed by atoms with Crippen molar-refractivity contribution in [2.24, 2.45) is 0 Å². The average Bonchev–Trinajstić information content (AvgIpc) is 2.55. The van der Waals surface area contributed by atoms with Gasteiger partial charge >= 0.3 is 6.55 Å². The van der Waals surface area contributed by atoms with E-state index in [0.29, 0.717) is 11.0 Å². The number of imidazole rings is 1. The lowest BCUT2D eigenvalue weighted by atomic mass is 10.3. The summed E-state index contributed by atoms with van der Waals surface area (Å²) in [5, 5.41) is 2.64. The van der Waals surface area contributed by atoms with Gasteiger partial charge in [-0.2, -0.15) is 8.78 Å². The van der Waals surface area contributed by atoms with Crippen molar-refractivity contribution in [3.05, 3.63) is 24.3 Å². The zero-order valence-corrected chi connectivity index (χ0v) is 7.54. The molecular formula is C9H9F2N3. The average molecular weight is 197 g/mol. The van der Waals surface area contributed by atoms with Gasteiger partial charge in [0.25, 0.3) is 0 Å². The van der Waals surface area contributed by atoms with Gasteiger partial charge in [-0.25, -0.2) is 4.98 Å². The van der Waals surface area contributed by atoms with Crippen LogP contribution in [0.4, 0.5) is 14.7 Å². The van der Waals surface area contributed by atoms with E-state index in [2.05, 4.69) is 10.3 Å². The first kappa shape index (κ1) is 8.93. The number of nitrogens with one attached hydrogen (secondary N) is 1. The number of aromatic nitrogens is 2. The number of anilines is 1. The van der Waals surface area contributed by atoms with Crippen LogP contribution in [-0.4, -0.2) is 16.6 Å². The minimum absolute atomic E-state index is 0.182. The second kappa shape index (κ2) is 3.25. The van der Waals surface area contributed by atoms with Crippen LogP contribution in [0.15, 0.2) is 24.3 Å². The maximum atomic E-state index is 12.7. The van der Waals surface area contributed by atoms with Gasteiger partial charge in [-0.3, -0.25) is 4.57 Å². The van der Waals surface area contributed by atoms with Gasteiger partial charge in [0.2, 0.25) is 5.95 Å². The number of nitrogens with zero attached hydrogens (tertiary/aromatic N) is 2. The van der Waals surface area contributed by atoms with E-state index < -0.39 is 6.55 Å². The third kappa shape index (κ3) is 1.21. The van der Waals surface area contributed by atoms with E-state index in [1.807, 2.05) is 0 Å². The lowest BCUT2D eigenvalue weighted by molar-refractivity contribution is 0.0768. The van der Waals surface area contributed by atoms with E-state index >= 15 is 0 Å². The summed E-state index contributed by atoms with van der Waals surface area (Å²) in [6, 6.07) is 6.80. The van der Waals surface area contributed by atoms with Gasteiger partial charge in [0, 0.05) is 7.05 Å². The van der Waals surface area contributed by atoms with E-state index in [4.69, 9.17) is 0 Å². The predicted octanol–water partition coefficient (Wildman–Crippen LogP) is 2.47. The first-order valence-corrected chi connectivity index (χ1v) is 4.17. The van der Waals surface area contributed by atoms with Crippen LogP contribution in [0.25, 0.3) is 11.0 Å². The van der Waals surface area contributed by atoms with E-state index in [9.17, 15) is 8.78 Å². The molecule has 5 heteroatoms. The van der Waals surface area contributed by atoms with Crippen LogP contribution in [0.5, 0.6) is 0 Å². The van der Waals surface area contributed by atoms with Crippen LogP contribution in [0.2, 0.25) is 0 Å². The van der Waals surface area contributed by atoms with E-state index in [1.165, 1.54) is 0 Å². The topological polar surface area (TPSA) is 29.9 Å². The highest BCUT2D eigenvalue weighted by atomic mass is 19.3. The molecule has 0 aliphatic heterocycles. The third-order valence-corrected chi connectivity index (χ3v) is 2.01. The second-order valence-corrected chi connectivity index (χ2v) is 2.82. The molecule has 0 radical (unpaired) electrons. The number of rotatable bonds is 2. The fourth-order valence-electron chi connectivity index (χ4n) is 1.42. The molecule has 1 N–H and O–H groups in total. The molecule has 2 rings (SSSR count). The van der Waals surface area contributed by atoms with Crippen LogP contribution in [-0.2, 0) is 0 Å². The molecule has 0 aliphatic rings. The summed E-state index contributed by atoms with van der Waals surface area (Å²) in [5.41, 5.74) is 1.00. The normalized spacial score (nSPS) is 11.1. The summed E-state index contributed by atoms with van der Waals surface area (Å²) in [6.45, 7) is -2.58. The predicted molar refractivity (Wildman–Crippen MR) is 50.5 cm³/mol. The molecule has 0 aliphatic carbocycles. The monoisotopic (exact) mass is 197 g/mol. The summed E-state index contributed by atoms with van der Waals surface area (Å²) in [5.74, 6) is 0.182. The Balaban J connectivity index is 2.74. The fraction of sp³-hybridized carbons (Fsp3) is 0.222. The molecule has 1 heterocycles. The zero-order chi connectivity index (χ0) is 10.1. The second-order valence-electron chi connectivity index (χ2n) is 2.82. The maximum absolute atomic E-state index is 12.7. The van der Waals surface area contributed by atoms with Crippen LogP contribution < -0.4 is 5.32 Å². The van der Waals surface area contributed by atoms with Crippen molar-refractivity contribution in [3.8, 4) is 0 Å². The summed E-state index contributed by atoms with van der Waals surface area (Å²) >= 11 is 0. The Morgan fingerprint density at radius 2 is 2.07 bits per heavy atom. The van der Waals surface area contributed by atoms with Gasteiger partial charge in [-0.15, -0.1) is 0 Å². The summed E-state index contributed by atoms with van der Waals surface area (Å²) < 4.78 is 26.2. The van der Waals surface area contributed by atoms with Gasteiger partial charge in [-0.05, 0) is 12.1 Å². The van der Waals surface area contributed by atoms with Crippen LogP contribution in [0.3, 0.4) is 0 Å². The Morgan fingerprint density at radius 1 is 1.36 bits per heavy atom. The standard InChI is InChI=1S/C9H9F2N3/c1-12-9-13-6-4-2-3-5-7(6)14(9)8(10)11/h2-5,8H,1H3,(H,12,13). The summed E-state index contributed by atoms with van der Waals surface area (Å²) in [6.07, 6.45) is 0. The molecule has 14 heavy (non-hydrogen) atoms. The third-order valence-electron chi connectivity index (χ3n) is 2.01. The number of hydrogen-bond donors (Lipinski definition) is 1. The molecule has 0 bridgehead atoms. The van der Waals surface area contributed by atoms with Crippen molar-refractivity contribution < 1.29 is 8.78 Å². The molecule has 0 spiro atoms. The Bertz CT molecular complexity index is 450. The van der Waals surface area contributed by atoms with Crippen LogP contribution in [0, 0.1) is 0 Å². The molecular weight excluding hydrogens is 188 g/mol. The first-order valence-electron chi connectivity index (χ1n) is 4.17. The number of para-hydroxylation sites is 2. The number of benzene rings is 1. The van der Waals surface area contributed by atoms with Crippen LogP contribution >= 0.6 is 0 Å². The molecule has 0 amide bonds. The number of hydrogen-bond acceptors (Lipinski definition) is 2. The molecule has 1 aromatic heterocycles. The van der Waals surface area contributed by atoms with Crippen LogP contribution in [0.1, 0.15) is 6.55 Å². The molecule has 2 aromatic rings. The van der Waals surface area contributed by atoms with Crippen molar-refractivity contribution in [2.45, 2.75) is 6.55 Å². The van der Waals surface area contributed by atoms with E-state index in [1.54, 1.807) is 31.3 Å². The van der Waals surface area contributed by atoms with E-state index in [0.717, 1.165) is 4.57 Å². The molecule has 0 saturated heterocycles. The lowest BCUT2D eigenvalue weighted by Gasteiger charge is -2.05. The molecule has 0 fully saturated rings. The highest BCUT2D eigenvalue weighted by molar-refractivity contribution is 5.78. The number of halogens is 2. The van der Waals surface area contributed by atoms with Gasteiger partial charge in [-0.1, -0.05) is 12.1 Å². The van der Waals surface area contributed by atoms with E-state index in [-0.39, 0.29) is 5.95 Å². The molecule has 1 aromatic carbocycles. The van der Waals surface area contributed by atoms with Crippen molar-refractivity contribution >= 4 is 17.0 Å². The van der Waals surface area contributed by atoms with Crippen molar-refractivity contribution in [1.82, 2.24) is 9.55 Å². The minimum atomic E-state index is -2.58. The molecule has 0 atom stereocenters. The number of fused-ring (bicyclic) bond motifs is 1. The minimum Gasteiger partial charge on any atom is -0.359 e. The molecule has 3 nitrogen and oxygen atoms in total. The summed E-state index contributed by atoms with van der Waals surface area (Å²) in [7, 11) is 1.57. The van der Waals surface area contributed by atoms with Crippen molar-refractivity contribution in [1.29, 1.82) is 0 Å². The first-order chi connectivity index (χ1) is 6.74. The van der Waals surface area contributed by atoms with Gasteiger partial charge in [0.05, 0.1) is 11.0 Å². The smallest absolute Gasteiger partial charge is 0.321 e. The Hall–Kier alpha value is -1.65. The fourth-order valence-corrected chi connectivity index (χ4v) is 1.42.